The van der Waals surface area contributed by atoms with Crippen LogP contribution in [-0.4, -0.2) is 47.7 Å². The van der Waals surface area contributed by atoms with Crippen molar-refractivity contribution in [3.8, 4) is 11.5 Å². The number of methoxy groups -OCH3 is 1. The average molecular weight is 460 g/mol. The van der Waals surface area contributed by atoms with Gasteiger partial charge in [-0.3, -0.25) is 4.79 Å². The summed E-state index contributed by atoms with van der Waals surface area (Å²) in [5, 5.41) is 20.6. The van der Waals surface area contributed by atoms with Crippen molar-refractivity contribution in [3.63, 3.8) is 0 Å². The van der Waals surface area contributed by atoms with Crippen molar-refractivity contribution >= 4 is 5.97 Å². The summed E-state index contributed by atoms with van der Waals surface area (Å²) >= 11 is 0. The van der Waals surface area contributed by atoms with Crippen LogP contribution >= 0.6 is 0 Å². The van der Waals surface area contributed by atoms with Crippen LogP contribution in [-0.2, 0) is 16.0 Å². The number of fused-ring (bicyclic) bond motifs is 3. The van der Waals surface area contributed by atoms with E-state index in [1.165, 1.54) is 25.3 Å². The summed E-state index contributed by atoms with van der Waals surface area (Å²) in [6.07, 6.45) is -3.79. The number of aliphatic hydroxyl groups excluding tert-OH is 2. The number of benzene rings is 2. The van der Waals surface area contributed by atoms with E-state index in [0.717, 1.165) is 17.2 Å². The molecule has 2 aliphatic rings. The van der Waals surface area contributed by atoms with Crippen LogP contribution in [0.15, 0.2) is 60.7 Å². The Hall–Kier alpha value is -2.97. The summed E-state index contributed by atoms with van der Waals surface area (Å²) in [6, 6.07) is 13.1. The molecule has 2 aromatic carbocycles. The molecule has 8 heteroatoms. The van der Waals surface area contributed by atoms with E-state index in [2.05, 4.69) is 4.74 Å². The van der Waals surface area contributed by atoms with Crippen LogP contribution in [0.2, 0.25) is 0 Å². The molecule has 4 rings (SSSR count). The molecule has 176 valence electrons. The number of alkyl halides is 2. The summed E-state index contributed by atoms with van der Waals surface area (Å²) < 4.78 is 44.2. The molecule has 0 amide bonds. The second-order valence-corrected chi connectivity index (χ2v) is 8.28. The van der Waals surface area contributed by atoms with E-state index >= 15 is 0 Å². The van der Waals surface area contributed by atoms with Gasteiger partial charge >= 0.3 is 12.1 Å². The van der Waals surface area contributed by atoms with Crippen molar-refractivity contribution < 1.29 is 38.0 Å². The highest BCUT2D eigenvalue weighted by molar-refractivity contribution is 5.69. The lowest BCUT2D eigenvalue weighted by Gasteiger charge is -2.22. The molecule has 1 aliphatic carbocycles. The molecule has 0 bridgehead atoms. The van der Waals surface area contributed by atoms with Gasteiger partial charge in [0.15, 0.2) is 6.10 Å². The molecule has 1 heterocycles. The Bertz CT molecular complexity index is 1010. The van der Waals surface area contributed by atoms with Crippen molar-refractivity contribution in [2.75, 3.05) is 7.11 Å². The van der Waals surface area contributed by atoms with Crippen LogP contribution in [0, 0.1) is 5.92 Å². The summed E-state index contributed by atoms with van der Waals surface area (Å²) in [5.41, 5.74) is 1.71. The lowest BCUT2D eigenvalue weighted by atomic mass is 9.86. The predicted molar refractivity (Wildman–Crippen MR) is 115 cm³/mol. The third-order valence-corrected chi connectivity index (χ3v) is 6.17. The molecule has 2 aromatic rings. The summed E-state index contributed by atoms with van der Waals surface area (Å²) in [5.74, 6) is -0.488. The van der Waals surface area contributed by atoms with Crippen molar-refractivity contribution in [3.05, 3.63) is 71.8 Å². The van der Waals surface area contributed by atoms with E-state index in [4.69, 9.17) is 9.47 Å². The maximum absolute atomic E-state index is 14.4. The third-order valence-electron chi connectivity index (χ3n) is 6.17. The number of aryl methyl sites for hydroxylation is 1. The Kier molecular flexibility index (Phi) is 6.67. The first-order valence-electron chi connectivity index (χ1n) is 10.8. The van der Waals surface area contributed by atoms with Crippen LogP contribution in [0.3, 0.4) is 0 Å². The van der Waals surface area contributed by atoms with E-state index in [1.807, 2.05) is 18.2 Å². The number of hydrogen-bond acceptors (Lipinski definition) is 6. The van der Waals surface area contributed by atoms with Gasteiger partial charge in [-0.05, 0) is 30.2 Å². The van der Waals surface area contributed by atoms with Gasteiger partial charge in [-0.2, -0.15) is 8.78 Å². The molecule has 0 spiro atoms. The van der Waals surface area contributed by atoms with E-state index < -0.39 is 24.2 Å². The number of hydrogen-bond donors (Lipinski definition) is 2. The molecule has 33 heavy (non-hydrogen) atoms. The maximum Gasteiger partial charge on any atom is 0.428 e. The Morgan fingerprint density at radius 2 is 2.00 bits per heavy atom. The van der Waals surface area contributed by atoms with Crippen molar-refractivity contribution in [2.45, 2.75) is 49.6 Å². The Morgan fingerprint density at radius 3 is 2.73 bits per heavy atom. The molecular weight excluding hydrogens is 434 g/mol. The van der Waals surface area contributed by atoms with Crippen LogP contribution in [0.1, 0.15) is 29.9 Å². The minimum absolute atomic E-state index is 0.0616. The minimum Gasteiger partial charge on any atom is -0.489 e. The van der Waals surface area contributed by atoms with Crippen molar-refractivity contribution in [2.24, 2.45) is 5.92 Å². The molecule has 2 N–H and O–H groups in total. The van der Waals surface area contributed by atoms with Crippen LogP contribution in [0.5, 0.6) is 11.5 Å². The van der Waals surface area contributed by atoms with E-state index in [-0.39, 0.29) is 30.2 Å². The first kappa shape index (κ1) is 23.2. The quantitative estimate of drug-likeness (QED) is 0.463. The standard InChI is InChI=1S/C25H26F2O6/c1-31-22(30)13-10-15-6-5-9-18-23-17(19(28)14-20(23)32-24(15)18)11-12-21(29)25(26,27)33-16-7-3-2-4-8-16/h2-9,11-12,17,19-21,23,28-29H,10,13-14H2,1H3/b12-11+/t17-,19+,20-,21-,23-/m0/s1. The summed E-state index contributed by atoms with van der Waals surface area (Å²) in [4.78, 5) is 11.5. The highest BCUT2D eigenvalue weighted by atomic mass is 19.3. The largest absolute Gasteiger partial charge is 0.489 e. The first-order chi connectivity index (χ1) is 15.8. The van der Waals surface area contributed by atoms with Crippen LogP contribution in [0.4, 0.5) is 8.78 Å². The molecule has 1 saturated carbocycles. The number of para-hydroxylation sites is 2. The second kappa shape index (κ2) is 9.49. The Balaban J connectivity index is 1.50. The lowest BCUT2D eigenvalue weighted by molar-refractivity contribution is -0.225. The van der Waals surface area contributed by atoms with E-state index in [0.29, 0.717) is 18.6 Å². The fraction of sp³-hybridized carbons (Fsp3) is 0.400. The van der Waals surface area contributed by atoms with Gasteiger partial charge in [0.1, 0.15) is 17.6 Å². The summed E-state index contributed by atoms with van der Waals surface area (Å²) in [7, 11) is 1.33. The minimum atomic E-state index is -3.84. The highest BCUT2D eigenvalue weighted by Crippen LogP contribution is 2.52. The normalized spacial score (nSPS) is 24.8. The van der Waals surface area contributed by atoms with Gasteiger partial charge in [-0.15, -0.1) is 0 Å². The highest BCUT2D eigenvalue weighted by Gasteiger charge is 2.49. The predicted octanol–water partition coefficient (Wildman–Crippen LogP) is 3.61. The monoisotopic (exact) mass is 460 g/mol. The van der Waals surface area contributed by atoms with Gasteiger partial charge in [-0.25, -0.2) is 0 Å². The topological polar surface area (TPSA) is 85.2 Å². The number of carbonyl (C=O) groups excluding carboxylic acids is 1. The van der Waals surface area contributed by atoms with Gasteiger partial charge in [0.2, 0.25) is 0 Å². The summed E-state index contributed by atoms with van der Waals surface area (Å²) in [6.45, 7) is 0. The first-order valence-corrected chi connectivity index (χ1v) is 10.8. The fourth-order valence-corrected chi connectivity index (χ4v) is 4.56. The SMILES string of the molecule is COC(=O)CCc1cccc2c1O[C@H]1C[C@@H](O)[C@H](/C=C/[C@H](O)C(F)(F)Oc3ccccc3)[C@@H]21. The maximum atomic E-state index is 14.4. The van der Waals surface area contributed by atoms with Crippen molar-refractivity contribution in [1.29, 1.82) is 0 Å². The molecule has 5 atom stereocenters. The van der Waals surface area contributed by atoms with Gasteiger partial charge in [0.25, 0.3) is 0 Å². The molecular formula is C25H26F2O6. The zero-order valence-corrected chi connectivity index (χ0v) is 18.1. The van der Waals surface area contributed by atoms with Gasteiger partial charge < -0.3 is 24.4 Å². The molecule has 0 saturated heterocycles. The smallest absolute Gasteiger partial charge is 0.428 e. The van der Waals surface area contributed by atoms with Crippen LogP contribution < -0.4 is 9.47 Å². The third kappa shape index (κ3) is 4.86. The van der Waals surface area contributed by atoms with E-state index in [1.54, 1.807) is 18.2 Å². The number of carbonyl (C=O) groups is 1. The Morgan fingerprint density at radius 1 is 1.24 bits per heavy atom. The van der Waals surface area contributed by atoms with Crippen molar-refractivity contribution in [1.82, 2.24) is 0 Å². The number of esters is 1. The lowest BCUT2D eigenvalue weighted by Crippen LogP contribution is -2.38. The second-order valence-electron chi connectivity index (χ2n) is 8.28. The zero-order valence-electron chi connectivity index (χ0n) is 18.1. The molecule has 1 fully saturated rings. The van der Waals surface area contributed by atoms with Gasteiger partial charge in [0, 0.05) is 30.2 Å². The Labute approximate surface area is 190 Å². The number of ether oxygens (including phenoxy) is 3. The molecule has 6 nitrogen and oxygen atoms in total. The number of rotatable bonds is 8. The number of halogens is 2. The number of aliphatic hydroxyl groups is 2. The average Bonchev–Trinajstić information content (AvgIpc) is 3.31. The molecule has 0 radical (unpaired) electrons. The molecule has 0 unspecified atom stereocenters. The fourth-order valence-electron chi connectivity index (χ4n) is 4.56. The zero-order chi connectivity index (χ0) is 23.6. The van der Waals surface area contributed by atoms with Gasteiger partial charge in [0.05, 0.1) is 13.2 Å². The molecule has 0 aromatic heterocycles. The van der Waals surface area contributed by atoms with Gasteiger partial charge in [-0.1, -0.05) is 42.5 Å². The molecule has 1 aliphatic heterocycles. The van der Waals surface area contributed by atoms with E-state index in [9.17, 15) is 23.8 Å². The van der Waals surface area contributed by atoms with Crippen LogP contribution in [0.25, 0.3) is 0 Å².